The molecule has 0 amide bonds. The third-order valence-electron chi connectivity index (χ3n) is 4.49. The fraction of sp³-hybridized carbons (Fsp3) is 1.00. The van der Waals surface area contributed by atoms with Crippen LogP contribution in [0, 0.1) is 11.3 Å². The molecular formula is C14H28N2O. The monoisotopic (exact) mass is 240 g/mol. The molecule has 2 aliphatic rings. The van der Waals surface area contributed by atoms with Crippen LogP contribution in [0.1, 0.15) is 46.0 Å². The predicted octanol–water partition coefficient (Wildman–Crippen LogP) is 1.60. The Bertz CT molecular complexity index is 251. The summed E-state index contributed by atoms with van der Waals surface area (Å²) < 4.78 is 0. The van der Waals surface area contributed by atoms with Gasteiger partial charge in [-0.3, -0.25) is 4.90 Å². The van der Waals surface area contributed by atoms with E-state index in [-0.39, 0.29) is 6.61 Å². The first-order valence-corrected chi connectivity index (χ1v) is 7.12. The molecule has 0 aromatic rings. The Labute approximate surface area is 105 Å². The maximum Gasteiger partial charge on any atom is 0.0558 e. The van der Waals surface area contributed by atoms with E-state index in [1.165, 1.54) is 25.7 Å². The van der Waals surface area contributed by atoms with E-state index in [9.17, 15) is 0 Å². The van der Waals surface area contributed by atoms with Crippen molar-refractivity contribution in [1.82, 2.24) is 4.90 Å². The summed E-state index contributed by atoms with van der Waals surface area (Å²) in [5.74, 6) is 0.617. The second-order valence-corrected chi connectivity index (χ2v) is 6.78. The average Bonchev–Trinajstić information content (AvgIpc) is 3.06. The Morgan fingerprint density at radius 2 is 2.00 bits per heavy atom. The molecule has 3 N–H and O–H groups in total. The second kappa shape index (κ2) is 5.25. The SMILES string of the molecule is CC1(C)CCC(N)C(CN(CCO)C2CC2)C1. The molecule has 2 rings (SSSR count). The van der Waals surface area contributed by atoms with Crippen molar-refractivity contribution in [3.05, 3.63) is 0 Å². The highest BCUT2D eigenvalue weighted by molar-refractivity contribution is 4.92. The van der Waals surface area contributed by atoms with Crippen LogP contribution in [0.25, 0.3) is 0 Å². The summed E-state index contributed by atoms with van der Waals surface area (Å²) >= 11 is 0. The van der Waals surface area contributed by atoms with Gasteiger partial charge in [-0.05, 0) is 43.4 Å². The molecule has 0 aliphatic heterocycles. The standard InChI is InChI=1S/C14H28N2O/c1-14(2)6-5-13(15)11(9-14)10-16(7-8-17)12-3-4-12/h11-13,17H,3-10,15H2,1-2H3. The zero-order valence-corrected chi connectivity index (χ0v) is 11.4. The van der Waals surface area contributed by atoms with Gasteiger partial charge in [-0.2, -0.15) is 0 Å². The molecule has 0 spiro atoms. The number of rotatable bonds is 5. The van der Waals surface area contributed by atoms with E-state index in [0.717, 1.165) is 25.6 Å². The van der Waals surface area contributed by atoms with Crippen LogP contribution >= 0.6 is 0 Å². The minimum absolute atomic E-state index is 0.280. The van der Waals surface area contributed by atoms with Gasteiger partial charge in [0.15, 0.2) is 0 Å². The molecule has 0 radical (unpaired) electrons. The number of nitrogens with zero attached hydrogens (tertiary/aromatic N) is 1. The molecule has 0 bridgehead atoms. The van der Waals surface area contributed by atoms with E-state index in [2.05, 4.69) is 18.7 Å². The van der Waals surface area contributed by atoms with Gasteiger partial charge in [0, 0.05) is 25.2 Å². The lowest BCUT2D eigenvalue weighted by Gasteiger charge is -2.41. The average molecular weight is 240 g/mol. The molecule has 0 aromatic heterocycles. The largest absolute Gasteiger partial charge is 0.395 e. The Balaban J connectivity index is 1.90. The predicted molar refractivity (Wildman–Crippen MR) is 70.8 cm³/mol. The summed E-state index contributed by atoms with van der Waals surface area (Å²) in [4.78, 5) is 2.46. The minimum atomic E-state index is 0.280. The molecule has 2 atom stereocenters. The summed E-state index contributed by atoms with van der Waals surface area (Å²) in [5.41, 5.74) is 6.73. The van der Waals surface area contributed by atoms with Gasteiger partial charge in [0.1, 0.15) is 0 Å². The van der Waals surface area contributed by atoms with Crippen LogP contribution in [0.3, 0.4) is 0 Å². The van der Waals surface area contributed by atoms with E-state index in [4.69, 9.17) is 10.8 Å². The van der Waals surface area contributed by atoms with Crippen LogP contribution in [-0.4, -0.2) is 41.8 Å². The van der Waals surface area contributed by atoms with Crippen LogP contribution in [0.15, 0.2) is 0 Å². The first-order valence-electron chi connectivity index (χ1n) is 7.12. The fourth-order valence-corrected chi connectivity index (χ4v) is 3.25. The molecule has 0 saturated heterocycles. The van der Waals surface area contributed by atoms with E-state index < -0.39 is 0 Å². The maximum absolute atomic E-state index is 9.14. The molecule has 0 heterocycles. The van der Waals surface area contributed by atoms with E-state index in [1.807, 2.05) is 0 Å². The first kappa shape index (κ1) is 13.3. The van der Waals surface area contributed by atoms with Gasteiger partial charge in [-0.25, -0.2) is 0 Å². The normalized spacial score (nSPS) is 33.0. The summed E-state index contributed by atoms with van der Waals surface area (Å²) in [7, 11) is 0. The third kappa shape index (κ3) is 3.67. The second-order valence-electron chi connectivity index (χ2n) is 6.78. The van der Waals surface area contributed by atoms with Crippen LogP contribution in [-0.2, 0) is 0 Å². The molecule has 3 heteroatoms. The third-order valence-corrected chi connectivity index (χ3v) is 4.49. The number of hydrogen-bond acceptors (Lipinski definition) is 3. The molecular weight excluding hydrogens is 212 g/mol. The highest BCUT2D eigenvalue weighted by Gasteiger charge is 2.36. The maximum atomic E-state index is 9.14. The van der Waals surface area contributed by atoms with Crippen molar-refractivity contribution in [3.8, 4) is 0 Å². The quantitative estimate of drug-likeness (QED) is 0.767. The van der Waals surface area contributed by atoms with Crippen LogP contribution in [0.4, 0.5) is 0 Å². The molecule has 17 heavy (non-hydrogen) atoms. The Morgan fingerprint density at radius 1 is 1.29 bits per heavy atom. The van der Waals surface area contributed by atoms with Crippen LogP contribution in [0.2, 0.25) is 0 Å². The lowest BCUT2D eigenvalue weighted by atomic mass is 9.70. The van der Waals surface area contributed by atoms with Crippen LogP contribution < -0.4 is 5.73 Å². The number of hydrogen-bond donors (Lipinski definition) is 2. The molecule has 0 aromatic carbocycles. The van der Waals surface area contributed by atoms with Crippen molar-refractivity contribution in [1.29, 1.82) is 0 Å². The number of aliphatic hydroxyl groups is 1. The summed E-state index contributed by atoms with van der Waals surface area (Å²) in [6, 6.07) is 1.10. The minimum Gasteiger partial charge on any atom is -0.395 e. The lowest BCUT2D eigenvalue weighted by molar-refractivity contribution is 0.0998. The van der Waals surface area contributed by atoms with Gasteiger partial charge in [0.2, 0.25) is 0 Å². The van der Waals surface area contributed by atoms with Gasteiger partial charge in [-0.1, -0.05) is 13.8 Å². The highest BCUT2D eigenvalue weighted by Crippen LogP contribution is 2.39. The molecule has 2 unspecified atom stereocenters. The van der Waals surface area contributed by atoms with Crippen molar-refractivity contribution >= 4 is 0 Å². The number of aliphatic hydroxyl groups excluding tert-OH is 1. The highest BCUT2D eigenvalue weighted by atomic mass is 16.3. The van der Waals surface area contributed by atoms with E-state index in [0.29, 0.717) is 17.4 Å². The van der Waals surface area contributed by atoms with E-state index in [1.54, 1.807) is 0 Å². The van der Waals surface area contributed by atoms with Gasteiger partial charge in [0.05, 0.1) is 6.61 Å². The van der Waals surface area contributed by atoms with Gasteiger partial charge >= 0.3 is 0 Å². The zero-order chi connectivity index (χ0) is 12.5. The fourth-order valence-electron chi connectivity index (χ4n) is 3.25. The van der Waals surface area contributed by atoms with Crippen molar-refractivity contribution in [2.45, 2.75) is 58.0 Å². The van der Waals surface area contributed by atoms with Gasteiger partial charge in [0.25, 0.3) is 0 Å². The summed E-state index contributed by atoms with van der Waals surface area (Å²) in [5, 5.41) is 9.14. The molecule has 2 aliphatic carbocycles. The Kier molecular flexibility index (Phi) is 4.11. The molecule has 100 valence electrons. The van der Waals surface area contributed by atoms with Gasteiger partial charge in [-0.15, -0.1) is 0 Å². The van der Waals surface area contributed by atoms with Gasteiger partial charge < -0.3 is 10.8 Å². The zero-order valence-electron chi connectivity index (χ0n) is 11.4. The lowest BCUT2D eigenvalue weighted by Crippen LogP contribution is -2.46. The van der Waals surface area contributed by atoms with Crippen molar-refractivity contribution < 1.29 is 5.11 Å². The molecule has 3 nitrogen and oxygen atoms in total. The topological polar surface area (TPSA) is 49.5 Å². The Morgan fingerprint density at radius 3 is 2.59 bits per heavy atom. The van der Waals surface area contributed by atoms with Crippen LogP contribution in [0.5, 0.6) is 0 Å². The Hall–Kier alpha value is -0.120. The van der Waals surface area contributed by atoms with Crippen molar-refractivity contribution in [3.63, 3.8) is 0 Å². The summed E-state index contributed by atoms with van der Waals surface area (Å²) in [6.45, 7) is 6.92. The molecule has 2 saturated carbocycles. The number of nitrogens with two attached hydrogens (primary N) is 1. The smallest absolute Gasteiger partial charge is 0.0558 e. The summed E-state index contributed by atoms with van der Waals surface area (Å²) in [6.07, 6.45) is 6.28. The molecule has 2 fully saturated rings. The van der Waals surface area contributed by atoms with E-state index >= 15 is 0 Å². The van der Waals surface area contributed by atoms with Crippen molar-refractivity contribution in [2.75, 3.05) is 19.7 Å². The first-order chi connectivity index (χ1) is 8.02. The van der Waals surface area contributed by atoms with Crippen molar-refractivity contribution in [2.24, 2.45) is 17.1 Å².